The number of alkyl halides is 1. The van der Waals surface area contributed by atoms with E-state index in [2.05, 4.69) is 6.58 Å². The van der Waals surface area contributed by atoms with Gasteiger partial charge in [0, 0.05) is 0 Å². The smallest absolute Gasteiger partial charge is 0.115 e. The standard InChI is InChI=1S/C10H11F/c1-8-3-5-10(6-4-8)9(2)7-11/h3-6H,2,7H2,1H3. The number of benzene rings is 1. The number of allylic oxidation sites excluding steroid dienone is 1. The van der Waals surface area contributed by atoms with Crippen LogP contribution >= 0.6 is 0 Å². The highest BCUT2D eigenvalue weighted by Crippen LogP contribution is 2.12. The summed E-state index contributed by atoms with van der Waals surface area (Å²) in [5.74, 6) is 0. The van der Waals surface area contributed by atoms with Crippen molar-refractivity contribution in [2.75, 3.05) is 6.67 Å². The van der Waals surface area contributed by atoms with E-state index in [1.54, 1.807) is 0 Å². The molecule has 0 aliphatic rings. The van der Waals surface area contributed by atoms with Crippen molar-refractivity contribution in [2.24, 2.45) is 0 Å². The first kappa shape index (κ1) is 7.99. The van der Waals surface area contributed by atoms with E-state index in [0.717, 1.165) is 5.56 Å². The second-order valence-corrected chi connectivity index (χ2v) is 2.60. The van der Waals surface area contributed by atoms with Crippen LogP contribution in [0, 0.1) is 6.92 Å². The highest BCUT2D eigenvalue weighted by molar-refractivity contribution is 5.63. The van der Waals surface area contributed by atoms with Crippen molar-refractivity contribution in [1.82, 2.24) is 0 Å². The first-order valence-electron chi connectivity index (χ1n) is 3.55. The van der Waals surface area contributed by atoms with Gasteiger partial charge in [-0.3, -0.25) is 0 Å². The van der Waals surface area contributed by atoms with Crippen LogP contribution in [0.5, 0.6) is 0 Å². The fourth-order valence-corrected chi connectivity index (χ4v) is 0.866. The molecule has 0 spiro atoms. The van der Waals surface area contributed by atoms with Crippen LogP contribution in [0.2, 0.25) is 0 Å². The van der Waals surface area contributed by atoms with E-state index in [-0.39, 0.29) is 0 Å². The molecular weight excluding hydrogens is 139 g/mol. The highest BCUT2D eigenvalue weighted by Gasteiger charge is 1.95. The van der Waals surface area contributed by atoms with Gasteiger partial charge in [0.05, 0.1) is 0 Å². The van der Waals surface area contributed by atoms with Crippen LogP contribution < -0.4 is 0 Å². The summed E-state index contributed by atoms with van der Waals surface area (Å²) in [5, 5.41) is 0. The average Bonchev–Trinajstić information content (AvgIpc) is 2.05. The van der Waals surface area contributed by atoms with Crippen molar-refractivity contribution in [3.63, 3.8) is 0 Å². The Bertz CT molecular complexity index is 246. The molecule has 1 rings (SSSR count). The lowest BCUT2D eigenvalue weighted by molar-refractivity contribution is 0.572. The van der Waals surface area contributed by atoms with Crippen LogP contribution in [0.3, 0.4) is 0 Å². The summed E-state index contributed by atoms with van der Waals surface area (Å²) >= 11 is 0. The van der Waals surface area contributed by atoms with E-state index in [1.165, 1.54) is 5.56 Å². The maximum absolute atomic E-state index is 12.1. The van der Waals surface area contributed by atoms with E-state index in [1.807, 2.05) is 31.2 Å². The molecule has 11 heavy (non-hydrogen) atoms. The lowest BCUT2D eigenvalue weighted by atomic mass is 10.1. The van der Waals surface area contributed by atoms with E-state index >= 15 is 0 Å². The topological polar surface area (TPSA) is 0 Å². The van der Waals surface area contributed by atoms with Crippen molar-refractivity contribution in [1.29, 1.82) is 0 Å². The molecule has 0 N–H and O–H groups in total. The van der Waals surface area contributed by atoms with Crippen molar-refractivity contribution in [3.8, 4) is 0 Å². The molecule has 0 heterocycles. The summed E-state index contributed by atoms with van der Waals surface area (Å²) in [4.78, 5) is 0. The predicted molar refractivity (Wildman–Crippen MR) is 46.2 cm³/mol. The first-order chi connectivity index (χ1) is 5.24. The van der Waals surface area contributed by atoms with Crippen molar-refractivity contribution in [2.45, 2.75) is 6.92 Å². The van der Waals surface area contributed by atoms with Crippen molar-refractivity contribution < 1.29 is 4.39 Å². The zero-order valence-corrected chi connectivity index (χ0v) is 6.60. The van der Waals surface area contributed by atoms with Crippen LogP contribution in [0.25, 0.3) is 5.57 Å². The van der Waals surface area contributed by atoms with Crippen LogP contribution in [0.1, 0.15) is 11.1 Å². The summed E-state index contributed by atoms with van der Waals surface area (Å²) < 4.78 is 12.1. The van der Waals surface area contributed by atoms with Crippen LogP contribution in [0.15, 0.2) is 30.8 Å². The molecule has 0 unspecified atom stereocenters. The molecule has 0 fully saturated rings. The Hall–Kier alpha value is -1.11. The lowest BCUT2D eigenvalue weighted by Gasteiger charge is -2.00. The van der Waals surface area contributed by atoms with E-state index in [4.69, 9.17) is 0 Å². The molecule has 0 aliphatic heterocycles. The fourth-order valence-electron chi connectivity index (χ4n) is 0.866. The van der Waals surface area contributed by atoms with Crippen LogP contribution in [0.4, 0.5) is 4.39 Å². The highest BCUT2D eigenvalue weighted by atomic mass is 19.1. The third kappa shape index (κ3) is 1.90. The number of hydrogen-bond donors (Lipinski definition) is 0. The molecule has 0 saturated carbocycles. The van der Waals surface area contributed by atoms with Gasteiger partial charge in [0.2, 0.25) is 0 Å². The molecule has 1 heteroatoms. The molecule has 0 bridgehead atoms. The quantitative estimate of drug-likeness (QED) is 0.608. The minimum Gasteiger partial charge on any atom is -0.246 e. The second-order valence-electron chi connectivity index (χ2n) is 2.60. The molecule has 0 saturated heterocycles. The maximum atomic E-state index is 12.1. The Balaban J connectivity index is 2.90. The van der Waals surface area contributed by atoms with Crippen LogP contribution in [-0.2, 0) is 0 Å². The van der Waals surface area contributed by atoms with Gasteiger partial charge in [-0.05, 0) is 18.1 Å². The number of hydrogen-bond acceptors (Lipinski definition) is 0. The minimum atomic E-state index is -0.469. The number of halogens is 1. The van der Waals surface area contributed by atoms with Crippen LogP contribution in [-0.4, -0.2) is 6.67 Å². The third-order valence-corrected chi connectivity index (χ3v) is 1.62. The summed E-state index contributed by atoms with van der Waals surface area (Å²) in [6.45, 7) is 5.13. The Labute approximate surface area is 66.4 Å². The average molecular weight is 150 g/mol. The SMILES string of the molecule is C=C(CF)c1ccc(C)cc1. The number of rotatable bonds is 2. The lowest BCUT2D eigenvalue weighted by Crippen LogP contribution is -1.83. The molecular formula is C10H11F. The Morgan fingerprint density at radius 1 is 1.36 bits per heavy atom. The van der Waals surface area contributed by atoms with Crippen molar-refractivity contribution >= 4 is 5.57 Å². The molecule has 0 aromatic heterocycles. The molecule has 0 nitrogen and oxygen atoms in total. The maximum Gasteiger partial charge on any atom is 0.115 e. The predicted octanol–water partition coefficient (Wildman–Crippen LogP) is 2.98. The summed E-state index contributed by atoms with van der Waals surface area (Å²) in [6, 6.07) is 7.68. The summed E-state index contributed by atoms with van der Waals surface area (Å²) in [7, 11) is 0. The van der Waals surface area contributed by atoms with E-state index in [9.17, 15) is 4.39 Å². The van der Waals surface area contributed by atoms with Gasteiger partial charge in [-0.2, -0.15) is 0 Å². The minimum absolute atomic E-state index is 0.469. The van der Waals surface area contributed by atoms with Gasteiger partial charge in [0.1, 0.15) is 6.67 Å². The molecule has 0 aliphatic carbocycles. The molecule has 0 radical (unpaired) electrons. The molecule has 58 valence electrons. The fraction of sp³-hybridized carbons (Fsp3) is 0.200. The van der Waals surface area contributed by atoms with Gasteiger partial charge >= 0.3 is 0 Å². The first-order valence-corrected chi connectivity index (χ1v) is 3.55. The summed E-state index contributed by atoms with van der Waals surface area (Å²) in [6.07, 6.45) is 0. The monoisotopic (exact) mass is 150 g/mol. The van der Waals surface area contributed by atoms with Gasteiger partial charge in [0.25, 0.3) is 0 Å². The van der Waals surface area contributed by atoms with Gasteiger partial charge < -0.3 is 0 Å². The Morgan fingerprint density at radius 3 is 2.36 bits per heavy atom. The third-order valence-electron chi connectivity index (χ3n) is 1.62. The summed E-state index contributed by atoms with van der Waals surface area (Å²) in [5.41, 5.74) is 2.61. The molecule has 1 aromatic rings. The van der Waals surface area contributed by atoms with Gasteiger partial charge in [-0.25, -0.2) is 4.39 Å². The number of aryl methyl sites for hydroxylation is 1. The normalized spacial score (nSPS) is 9.64. The van der Waals surface area contributed by atoms with Gasteiger partial charge in [-0.15, -0.1) is 0 Å². The van der Waals surface area contributed by atoms with E-state index in [0.29, 0.717) is 5.57 Å². The second kappa shape index (κ2) is 3.33. The largest absolute Gasteiger partial charge is 0.246 e. The Morgan fingerprint density at radius 2 is 1.91 bits per heavy atom. The Kier molecular flexibility index (Phi) is 2.42. The molecule has 0 amide bonds. The zero-order valence-electron chi connectivity index (χ0n) is 6.60. The zero-order chi connectivity index (χ0) is 8.27. The van der Waals surface area contributed by atoms with Gasteiger partial charge in [-0.1, -0.05) is 36.4 Å². The molecule has 1 aromatic carbocycles. The van der Waals surface area contributed by atoms with Crippen molar-refractivity contribution in [3.05, 3.63) is 42.0 Å². The van der Waals surface area contributed by atoms with E-state index < -0.39 is 6.67 Å². The molecule has 0 atom stereocenters. The van der Waals surface area contributed by atoms with Gasteiger partial charge in [0.15, 0.2) is 0 Å².